The number of aliphatic hydroxyl groups is 1. The molecular weight excluding hydrogens is 168 g/mol. The molecular formula is C10H6O3. The highest BCUT2D eigenvalue weighted by atomic mass is 16.3. The molecule has 0 atom stereocenters. The molecule has 0 saturated carbocycles. The zero-order valence-corrected chi connectivity index (χ0v) is 6.65. The molecule has 0 unspecified atom stereocenters. The Kier molecular flexibility index (Phi) is 1.52. The van der Waals surface area contributed by atoms with Crippen molar-refractivity contribution in [3.05, 3.63) is 34.7 Å². The number of carbonyl (C=O) groups excluding carboxylic acids is 2. The number of hydrogen-bond donors (Lipinski definition) is 1. The van der Waals surface area contributed by atoms with Crippen LogP contribution in [0, 0.1) is 0 Å². The Balaban J connectivity index is 2.97. The van der Waals surface area contributed by atoms with Crippen molar-refractivity contribution in [3.63, 3.8) is 0 Å². The summed E-state index contributed by atoms with van der Waals surface area (Å²) in [5.41, 5.74) is 0. The van der Waals surface area contributed by atoms with Crippen molar-refractivity contribution in [1.29, 1.82) is 0 Å². The van der Waals surface area contributed by atoms with E-state index in [-0.39, 0.29) is 0 Å². The van der Waals surface area contributed by atoms with Gasteiger partial charge in [0.25, 0.3) is 5.78 Å². The van der Waals surface area contributed by atoms with Crippen LogP contribution in [0.4, 0.5) is 0 Å². The first-order valence-electron chi connectivity index (χ1n) is 3.79. The maximum Gasteiger partial charge on any atom is 0.267 e. The summed E-state index contributed by atoms with van der Waals surface area (Å²) in [5.74, 6) is -1.96. The molecule has 0 bridgehead atoms. The van der Waals surface area contributed by atoms with E-state index in [1.165, 1.54) is 6.08 Å². The monoisotopic (exact) mass is 174 g/mol. The van der Waals surface area contributed by atoms with Crippen LogP contribution in [-0.2, 0) is 9.59 Å². The number of aliphatic hydroxyl groups excluding tert-OH is 1. The van der Waals surface area contributed by atoms with Gasteiger partial charge in [-0.1, -0.05) is 24.3 Å². The van der Waals surface area contributed by atoms with Gasteiger partial charge in [-0.2, -0.15) is 0 Å². The van der Waals surface area contributed by atoms with Gasteiger partial charge in [0.05, 0.1) is 0 Å². The van der Waals surface area contributed by atoms with Crippen LogP contribution in [0.3, 0.4) is 0 Å². The Morgan fingerprint density at radius 3 is 2.54 bits per heavy atom. The van der Waals surface area contributed by atoms with E-state index in [1.807, 2.05) is 0 Å². The van der Waals surface area contributed by atoms with Crippen LogP contribution < -0.4 is 10.4 Å². The SMILES string of the molecule is O=C1C=c2ccccc2=C(O)C1=O. The normalized spacial score (nSPS) is 15.2. The molecule has 0 amide bonds. The predicted octanol–water partition coefficient (Wildman–Crippen LogP) is -0.715. The number of fused-ring (bicyclic) bond motifs is 1. The smallest absolute Gasteiger partial charge is 0.267 e. The number of Topliss-reactive ketones (excluding diaryl/α,β-unsaturated/α-hetero) is 2. The quantitative estimate of drug-likeness (QED) is 0.528. The third-order valence-corrected chi connectivity index (χ3v) is 1.94. The van der Waals surface area contributed by atoms with Gasteiger partial charge in [-0.25, -0.2) is 0 Å². The lowest BCUT2D eigenvalue weighted by atomic mass is 10.0. The van der Waals surface area contributed by atoms with Crippen molar-refractivity contribution in [1.82, 2.24) is 0 Å². The summed E-state index contributed by atoms with van der Waals surface area (Å²) in [4.78, 5) is 22.0. The fourth-order valence-corrected chi connectivity index (χ4v) is 1.28. The van der Waals surface area contributed by atoms with Crippen molar-refractivity contribution < 1.29 is 14.7 Å². The molecule has 0 radical (unpaired) electrons. The molecule has 1 aromatic rings. The maximum absolute atomic E-state index is 11.0. The number of hydrogen-bond acceptors (Lipinski definition) is 3. The lowest BCUT2D eigenvalue weighted by Crippen LogP contribution is -2.36. The van der Waals surface area contributed by atoms with Crippen LogP contribution in [0.25, 0.3) is 11.8 Å². The molecule has 13 heavy (non-hydrogen) atoms. The van der Waals surface area contributed by atoms with Gasteiger partial charge in [-0.05, 0) is 11.3 Å². The molecule has 1 N–H and O–H groups in total. The standard InChI is InChI=1S/C10H6O3/c11-8-5-6-3-1-2-4-7(6)9(12)10(8)13/h1-5,12H. The second kappa shape index (κ2) is 2.55. The second-order valence-corrected chi connectivity index (χ2v) is 2.77. The predicted molar refractivity (Wildman–Crippen MR) is 46.2 cm³/mol. The molecule has 2 rings (SSSR count). The van der Waals surface area contributed by atoms with E-state index in [4.69, 9.17) is 0 Å². The van der Waals surface area contributed by atoms with Crippen molar-refractivity contribution in [3.8, 4) is 0 Å². The molecule has 64 valence electrons. The third kappa shape index (κ3) is 1.05. The van der Waals surface area contributed by atoms with Gasteiger partial charge in [-0.15, -0.1) is 0 Å². The molecule has 0 aliphatic heterocycles. The van der Waals surface area contributed by atoms with Gasteiger partial charge < -0.3 is 5.11 Å². The number of rotatable bonds is 0. The van der Waals surface area contributed by atoms with Crippen molar-refractivity contribution in [2.75, 3.05) is 0 Å². The Morgan fingerprint density at radius 1 is 1.08 bits per heavy atom. The minimum absolute atomic E-state index is 0.423. The van der Waals surface area contributed by atoms with E-state index in [2.05, 4.69) is 0 Å². The van der Waals surface area contributed by atoms with Crippen LogP contribution in [0.2, 0.25) is 0 Å². The lowest BCUT2D eigenvalue weighted by molar-refractivity contribution is -0.130. The van der Waals surface area contributed by atoms with Gasteiger partial charge in [0.1, 0.15) is 0 Å². The lowest BCUT2D eigenvalue weighted by Gasteiger charge is -2.01. The fourth-order valence-electron chi connectivity index (χ4n) is 1.28. The number of carbonyl (C=O) groups is 2. The first kappa shape index (κ1) is 7.73. The summed E-state index contributed by atoms with van der Waals surface area (Å²) in [6, 6.07) is 6.72. The highest BCUT2D eigenvalue weighted by Crippen LogP contribution is 1.95. The van der Waals surface area contributed by atoms with Crippen molar-refractivity contribution >= 4 is 23.4 Å². The maximum atomic E-state index is 11.0. The zero-order valence-electron chi connectivity index (χ0n) is 6.65. The zero-order chi connectivity index (χ0) is 9.42. The van der Waals surface area contributed by atoms with Gasteiger partial charge in [0, 0.05) is 5.22 Å². The largest absolute Gasteiger partial charge is 0.504 e. The highest BCUT2D eigenvalue weighted by molar-refractivity contribution is 6.59. The van der Waals surface area contributed by atoms with Gasteiger partial charge in [0.2, 0.25) is 5.78 Å². The Morgan fingerprint density at radius 2 is 1.77 bits per heavy atom. The van der Waals surface area contributed by atoms with E-state index in [0.717, 1.165) is 0 Å². The van der Waals surface area contributed by atoms with Crippen molar-refractivity contribution in [2.45, 2.75) is 0 Å². The molecule has 3 heteroatoms. The minimum atomic E-state index is -0.835. The third-order valence-electron chi connectivity index (χ3n) is 1.94. The van der Waals surface area contributed by atoms with Crippen molar-refractivity contribution in [2.24, 2.45) is 0 Å². The summed E-state index contributed by atoms with van der Waals surface area (Å²) >= 11 is 0. The molecule has 0 fully saturated rings. The number of benzene rings is 1. The molecule has 1 aromatic carbocycles. The molecule has 1 aliphatic carbocycles. The Labute approximate surface area is 73.6 Å². The van der Waals surface area contributed by atoms with Gasteiger partial charge >= 0.3 is 0 Å². The van der Waals surface area contributed by atoms with Gasteiger partial charge in [0.15, 0.2) is 5.76 Å². The van der Waals surface area contributed by atoms with E-state index in [0.29, 0.717) is 10.4 Å². The van der Waals surface area contributed by atoms with Crippen LogP contribution in [0.15, 0.2) is 24.3 Å². The molecule has 0 saturated heterocycles. The van der Waals surface area contributed by atoms with Crippen LogP contribution in [0.1, 0.15) is 0 Å². The van der Waals surface area contributed by atoms with E-state index >= 15 is 0 Å². The molecule has 1 aliphatic rings. The molecule has 3 nitrogen and oxygen atoms in total. The molecule has 0 heterocycles. The summed E-state index contributed by atoms with van der Waals surface area (Å²) in [5, 5.41) is 10.3. The highest BCUT2D eigenvalue weighted by Gasteiger charge is 2.20. The topological polar surface area (TPSA) is 54.4 Å². The van der Waals surface area contributed by atoms with E-state index in [9.17, 15) is 14.7 Å². The Bertz CT molecular complexity index is 511. The Hall–Kier alpha value is -1.90. The average molecular weight is 174 g/mol. The first-order chi connectivity index (χ1) is 6.20. The fraction of sp³-hybridized carbons (Fsp3) is 0. The molecule has 0 spiro atoms. The van der Waals surface area contributed by atoms with E-state index < -0.39 is 17.3 Å². The van der Waals surface area contributed by atoms with Gasteiger partial charge in [-0.3, -0.25) is 9.59 Å². The second-order valence-electron chi connectivity index (χ2n) is 2.77. The average Bonchev–Trinajstić information content (AvgIpc) is 2.15. The number of ketones is 2. The van der Waals surface area contributed by atoms with Crippen LogP contribution in [-0.4, -0.2) is 16.7 Å². The van der Waals surface area contributed by atoms with Crippen LogP contribution >= 0.6 is 0 Å². The summed E-state index contributed by atoms with van der Waals surface area (Å²) in [6.07, 6.45) is 1.23. The minimum Gasteiger partial charge on any atom is -0.504 e. The summed E-state index contributed by atoms with van der Waals surface area (Å²) in [6.45, 7) is 0. The van der Waals surface area contributed by atoms with E-state index in [1.54, 1.807) is 24.3 Å². The van der Waals surface area contributed by atoms with Crippen LogP contribution in [0.5, 0.6) is 0 Å². The summed E-state index contributed by atoms with van der Waals surface area (Å²) in [7, 11) is 0. The molecule has 0 aromatic heterocycles. The summed E-state index contributed by atoms with van der Waals surface area (Å²) < 4.78 is 0. The first-order valence-corrected chi connectivity index (χ1v) is 3.79.